The van der Waals surface area contributed by atoms with Crippen molar-refractivity contribution in [1.82, 2.24) is 14.9 Å². The van der Waals surface area contributed by atoms with Crippen LogP contribution < -0.4 is 15.8 Å². The summed E-state index contributed by atoms with van der Waals surface area (Å²) >= 11 is 0. The van der Waals surface area contributed by atoms with Gasteiger partial charge >= 0.3 is 0 Å². The Balaban J connectivity index is 1.89. The van der Waals surface area contributed by atoms with Crippen LogP contribution in [0.4, 0.5) is 5.69 Å². The van der Waals surface area contributed by atoms with Gasteiger partial charge in [-0.1, -0.05) is 24.3 Å². The second kappa shape index (κ2) is 5.19. The van der Waals surface area contributed by atoms with E-state index >= 15 is 0 Å². The summed E-state index contributed by atoms with van der Waals surface area (Å²) < 4.78 is 1.44. The van der Waals surface area contributed by atoms with Crippen LogP contribution >= 0.6 is 0 Å². The number of aromatic nitrogens is 2. The van der Waals surface area contributed by atoms with Crippen molar-refractivity contribution < 1.29 is 4.79 Å². The van der Waals surface area contributed by atoms with Gasteiger partial charge < -0.3 is 10.2 Å². The Hall–Kier alpha value is -3.15. The molecule has 1 unspecified atom stereocenters. The topological polar surface area (TPSA) is 67.2 Å². The van der Waals surface area contributed by atoms with Gasteiger partial charge in [0.2, 0.25) is 5.82 Å². The van der Waals surface area contributed by atoms with E-state index in [1.54, 1.807) is 24.3 Å². The quantitative estimate of drug-likeness (QED) is 0.781. The molecule has 1 aliphatic heterocycles. The number of amides is 1. The first-order chi connectivity index (χ1) is 11.6. The first-order valence-electron chi connectivity index (χ1n) is 7.65. The maximum atomic E-state index is 12.8. The van der Waals surface area contributed by atoms with Gasteiger partial charge in [-0.25, -0.2) is 4.98 Å². The Morgan fingerprint density at radius 2 is 1.75 bits per heavy atom. The standard InChI is InChI=1S/C18H16N4O2/c1-21(2)12-9-7-11(8-10-12)15-20-17(23)16-19-14-6-4-3-5-13(14)18(24)22(15)16/h3-10,15H,1-2H3,(H,20,23). The van der Waals surface area contributed by atoms with E-state index in [2.05, 4.69) is 10.3 Å². The van der Waals surface area contributed by atoms with Crippen molar-refractivity contribution in [1.29, 1.82) is 0 Å². The zero-order valence-corrected chi connectivity index (χ0v) is 13.4. The van der Waals surface area contributed by atoms with Gasteiger partial charge in [0.1, 0.15) is 6.17 Å². The third kappa shape index (κ3) is 2.07. The van der Waals surface area contributed by atoms with Crippen LogP contribution in [0.5, 0.6) is 0 Å². The molecule has 6 nitrogen and oxygen atoms in total. The minimum Gasteiger partial charge on any atom is -0.378 e. The molecular weight excluding hydrogens is 304 g/mol. The Bertz CT molecular complexity index is 1010. The number of carbonyl (C=O) groups is 1. The van der Waals surface area contributed by atoms with Crippen molar-refractivity contribution in [2.24, 2.45) is 0 Å². The lowest BCUT2D eigenvalue weighted by molar-refractivity contribution is 0.0956. The molecule has 0 bridgehead atoms. The number of para-hydroxylation sites is 1. The fourth-order valence-corrected chi connectivity index (χ4v) is 2.99. The fraction of sp³-hybridized carbons (Fsp3) is 0.167. The molecular formula is C18H16N4O2. The van der Waals surface area contributed by atoms with E-state index in [1.807, 2.05) is 43.3 Å². The van der Waals surface area contributed by atoms with Crippen molar-refractivity contribution in [3.63, 3.8) is 0 Å². The van der Waals surface area contributed by atoms with Crippen LogP contribution in [0.15, 0.2) is 53.3 Å². The van der Waals surface area contributed by atoms with Crippen LogP contribution in [0.1, 0.15) is 22.3 Å². The second-order valence-electron chi connectivity index (χ2n) is 5.99. The van der Waals surface area contributed by atoms with Crippen LogP contribution in [0, 0.1) is 0 Å². The third-order valence-corrected chi connectivity index (χ3v) is 4.26. The second-order valence-corrected chi connectivity index (χ2v) is 5.99. The first-order valence-corrected chi connectivity index (χ1v) is 7.65. The predicted molar refractivity (Wildman–Crippen MR) is 92.4 cm³/mol. The number of benzene rings is 2. The maximum absolute atomic E-state index is 12.8. The van der Waals surface area contributed by atoms with E-state index in [4.69, 9.17) is 0 Å². The highest BCUT2D eigenvalue weighted by atomic mass is 16.2. The highest BCUT2D eigenvalue weighted by Gasteiger charge is 2.32. The normalized spacial score (nSPS) is 16.1. The van der Waals surface area contributed by atoms with Crippen LogP contribution in [0.2, 0.25) is 0 Å². The molecule has 0 saturated heterocycles. The van der Waals surface area contributed by atoms with E-state index in [0.717, 1.165) is 11.3 Å². The van der Waals surface area contributed by atoms with Crippen molar-refractivity contribution in [3.8, 4) is 0 Å². The summed E-state index contributed by atoms with van der Waals surface area (Å²) in [5.74, 6) is -0.181. The molecule has 1 amide bonds. The van der Waals surface area contributed by atoms with E-state index in [0.29, 0.717) is 10.9 Å². The monoisotopic (exact) mass is 320 g/mol. The molecule has 0 aliphatic carbocycles. The molecule has 1 atom stereocenters. The number of nitrogens with one attached hydrogen (secondary N) is 1. The van der Waals surface area contributed by atoms with E-state index < -0.39 is 6.17 Å². The first kappa shape index (κ1) is 14.4. The number of nitrogens with zero attached hydrogens (tertiary/aromatic N) is 3. The summed E-state index contributed by atoms with van der Waals surface area (Å²) in [6, 6.07) is 14.8. The molecule has 0 radical (unpaired) electrons. The number of rotatable bonds is 2. The van der Waals surface area contributed by atoms with Gasteiger partial charge in [0.05, 0.1) is 10.9 Å². The average Bonchev–Trinajstić information content (AvgIpc) is 2.92. The van der Waals surface area contributed by atoms with Crippen molar-refractivity contribution in [3.05, 3.63) is 70.3 Å². The van der Waals surface area contributed by atoms with Crippen LogP contribution in [0.25, 0.3) is 10.9 Å². The van der Waals surface area contributed by atoms with Crippen molar-refractivity contribution >= 4 is 22.5 Å². The van der Waals surface area contributed by atoms with Gasteiger partial charge in [-0.3, -0.25) is 14.2 Å². The van der Waals surface area contributed by atoms with E-state index in [1.165, 1.54) is 4.57 Å². The van der Waals surface area contributed by atoms with Gasteiger partial charge in [0.25, 0.3) is 11.5 Å². The van der Waals surface area contributed by atoms with Crippen LogP contribution in [0.3, 0.4) is 0 Å². The number of hydrogen-bond acceptors (Lipinski definition) is 4. The van der Waals surface area contributed by atoms with E-state index in [-0.39, 0.29) is 17.3 Å². The minimum atomic E-state index is -0.534. The Labute approximate surface area is 138 Å². The van der Waals surface area contributed by atoms with Gasteiger partial charge in [-0.2, -0.15) is 0 Å². The Morgan fingerprint density at radius 1 is 1.04 bits per heavy atom. The summed E-state index contributed by atoms with van der Waals surface area (Å²) in [7, 11) is 3.92. The number of anilines is 1. The lowest BCUT2D eigenvalue weighted by atomic mass is 10.1. The highest BCUT2D eigenvalue weighted by Crippen LogP contribution is 2.24. The number of hydrogen-bond donors (Lipinski definition) is 1. The van der Waals surface area contributed by atoms with Gasteiger partial charge in [-0.05, 0) is 29.8 Å². The fourth-order valence-electron chi connectivity index (χ4n) is 2.99. The van der Waals surface area contributed by atoms with Gasteiger partial charge in [-0.15, -0.1) is 0 Å². The summed E-state index contributed by atoms with van der Waals surface area (Å²) in [4.78, 5) is 31.5. The van der Waals surface area contributed by atoms with Crippen LogP contribution in [-0.4, -0.2) is 29.6 Å². The third-order valence-electron chi connectivity index (χ3n) is 4.26. The predicted octanol–water partition coefficient (Wildman–Crippen LogP) is 1.75. The summed E-state index contributed by atoms with van der Waals surface area (Å²) in [5.41, 5.74) is 2.21. The van der Waals surface area contributed by atoms with Crippen molar-refractivity contribution in [2.45, 2.75) is 6.17 Å². The molecule has 2 aromatic carbocycles. The molecule has 4 rings (SSSR count). The number of carbonyl (C=O) groups excluding carboxylic acids is 1. The van der Waals surface area contributed by atoms with Gasteiger partial charge in [0.15, 0.2) is 0 Å². The van der Waals surface area contributed by atoms with Crippen LogP contribution in [-0.2, 0) is 0 Å². The Kier molecular flexibility index (Phi) is 3.13. The minimum absolute atomic E-state index is 0.153. The summed E-state index contributed by atoms with van der Waals surface area (Å²) in [6.07, 6.45) is -0.534. The molecule has 6 heteroatoms. The zero-order valence-electron chi connectivity index (χ0n) is 13.4. The molecule has 0 saturated carbocycles. The average molecular weight is 320 g/mol. The zero-order chi connectivity index (χ0) is 16.8. The molecule has 1 N–H and O–H groups in total. The molecule has 1 aliphatic rings. The Morgan fingerprint density at radius 3 is 2.46 bits per heavy atom. The number of fused-ring (bicyclic) bond motifs is 2. The smallest absolute Gasteiger partial charge is 0.289 e. The SMILES string of the molecule is CN(C)c1ccc(C2NC(=O)c3nc4ccccc4c(=O)n32)cc1. The molecule has 0 fully saturated rings. The maximum Gasteiger partial charge on any atom is 0.289 e. The molecule has 1 aromatic heterocycles. The van der Waals surface area contributed by atoms with Crippen molar-refractivity contribution in [2.75, 3.05) is 19.0 Å². The highest BCUT2D eigenvalue weighted by molar-refractivity contribution is 5.95. The summed E-state index contributed by atoms with van der Waals surface area (Å²) in [5, 5.41) is 3.35. The largest absolute Gasteiger partial charge is 0.378 e. The molecule has 24 heavy (non-hydrogen) atoms. The molecule has 2 heterocycles. The molecule has 120 valence electrons. The summed E-state index contributed by atoms with van der Waals surface area (Å²) in [6.45, 7) is 0. The lowest BCUT2D eigenvalue weighted by Gasteiger charge is -2.17. The van der Waals surface area contributed by atoms with Gasteiger partial charge in [0, 0.05) is 19.8 Å². The van der Waals surface area contributed by atoms with E-state index in [9.17, 15) is 9.59 Å². The molecule has 0 spiro atoms. The lowest BCUT2D eigenvalue weighted by Crippen LogP contribution is -2.28. The molecule has 3 aromatic rings.